The number of aliphatic imine (C=N–C) groups is 1. The molecular weight excluding hydrogens is 330 g/mol. The summed E-state index contributed by atoms with van der Waals surface area (Å²) in [5.74, 6) is 1.99. The van der Waals surface area contributed by atoms with E-state index in [1.54, 1.807) is 0 Å². The van der Waals surface area contributed by atoms with Gasteiger partial charge in [0.1, 0.15) is 0 Å². The summed E-state index contributed by atoms with van der Waals surface area (Å²) < 4.78 is 0. The van der Waals surface area contributed by atoms with Crippen LogP contribution in [0.2, 0.25) is 0 Å². The minimum absolute atomic E-state index is 0.712. The summed E-state index contributed by atoms with van der Waals surface area (Å²) >= 11 is 1.84. The molecule has 0 radical (unpaired) electrons. The molecule has 0 saturated carbocycles. The molecule has 6 heteroatoms. The van der Waals surface area contributed by atoms with Gasteiger partial charge in [0.25, 0.3) is 0 Å². The number of hydrogen-bond acceptors (Lipinski definition) is 4. The maximum Gasteiger partial charge on any atom is 0.191 e. The van der Waals surface area contributed by atoms with Crippen LogP contribution in [-0.2, 0) is 13.1 Å². The number of piperazine rings is 1. The van der Waals surface area contributed by atoms with E-state index in [0.717, 1.165) is 44.4 Å². The minimum atomic E-state index is 0.712. The fourth-order valence-corrected chi connectivity index (χ4v) is 3.10. The molecule has 2 N–H and O–H groups in total. The molecule has 25 heavy (non-hydrogen) atoms. The summed E-state index contributed by atoms with van der Waals surface area (Å²) in [6.45, 7) is 10.4. The maximum absolute atomic E-state index is 4.68. The number of thioether (sulfide) groups is 1. The summed E-state index contributed by atoms with van der Waals surface area (Å²) in [5.41, 5.74) is 2.64. The number of likely N-dealkylation sites (N-methyl/N-ethyl adjacent to an activating group) is 1. The molecule has 1 fully saturated rings. The SMILES string of the molecule is CCNC(=NCc1ccc(CN2CCN(C)CC2)cc1)NCCSC. The molecule has 0 spiro atoms. The minimum Gasteiger partial charge on any atom is -0.357 e. The summed E-state index contributed by atoms with van der Waals surface area (Å²) in [7, 11) is 2.20. The van der Waals surface area contributed by atoms with Gasteiger partial charge in [-0.3, -0.25) is 4.90 Å². The average Bonchev–Trinajstić information content (AvgIpc) is 2.63. The molecule has 0 aromatic heterocycles. The molecule has 1 heterocycles. The van der Waals surface area contributed by atoms with E-state index in [9.17, 15) is 0 Å². The van der Waals surface area contributed by atoms with Gasteiger partial charge in [0, 0.05) is 51.6 Å². The van der Waals surface area contributed by atoms with E-state index >= 15 is 0 Å². The Morgan fingerprint density at radius 2 is 1.76 bits per heavy atom. The molecule has 0 amide bonds. The van der Waals surface area contributed by atoms with Crippen LogP contribution in [-0.4, -0.2) is 74.1 Å². The van der Waals surface area contributed by atoms with Crippen molar-refractivity contribution in [3.8, 4) is 0 Å². The van der Waals surface area contributed by atoms with E-state index < -0.39 is 0 Å². The van der Waals surface area contributed by atoms with Crippen molar-refractivity contribution in [2.75, 3.05) is 58.3 Å². The highest BCUT2D eigenvalue weighted by Gasteiger charge is 2.13. The van der Waals surface area contributed by atoms with E-state index in [-0.39, 0.29) is 0 Å². The second kappa shape index (κ2) is 11.4. The Labute approximate surface area is 157 Å². The van der Waals surface area contributed by atoms with Crippen LogP contribution in [0.3, 0.4) is 0 Å². The van der Waals surface area contributed by atoms with Crippen molar-refractivity contribution in [2.45, 2.75) is 20.0 Å². The first kappa shape index (κ1) is 20.1. The van der Waals surface area contributed by atoms with Crippen molar-refractivity contribution in [1.29, 1.82) is 0 Å². The molecule has 140 valence electrons. The summed E-state index contributed by atoms with van der Waals surface area (Å²) in [5, 5.41) is 6.67. The lowest BCUT2D eigenvalue weighted by Crippen LogP contribution is -2.43. The first-order chi connectivity index (χ1) is 12.2. The number of guanidine groups is 1. The molecule has 1 aliphatic rings. The lowest BCUT2D eigenvalue weighted by Gasteiger charge is -2.32. The third-order valence-corrected chi connectivity index (χ3v) is 5.00. The summed E-state index contributed by atoms with van der Waals surface area (Å²) in [4.78, 5) is 9.61. The fraction of sp³-hybridized carbons (Fsp3) is 0.632. The Bertz CT molecular complexity index is 509. The second-order valence-corrected chi connectivity index (χ2v) is 7.50. The summed E-state index contributed by atoms with van der Waals surface area (Å²) in [6.07, 6.45) is 2.12. The van der Waals surface area contributed by atoms with Gasteiger partial charge in [-0.1, -0.05) is 24.3 Å². The van der Waals surface area contributed by atoms with Crippen LogP contribution < -0.4 is 10.6 Å². The van der Waals surface area contributed by atoms with Crippen LogP contribution in [0, 0.1) is 0 Å². The van der Waals surface area contributed by atoms with E-state index in [2.05, 4.69) is 69.9 Å². The molecule has 0 aliphatic carbocycles. The monoisotopic (exact) mass is 363 g/mol. The van der Waals surface area contributed by atoms with Crippen molar-refractivity contribution in [3.05, 3.63) is 35.4 Å². The number of benzene rings is 1. The first-order valence-electron chi connectivity index (χ1n) is 9.21. The topological polar surface area (TPSA) is 42.9 Å². The lowest BCUT2D eigenvalue weighted by atomic mass is 10.1. The normalized spacial score (nSPS) is 16.8. The number of rotatable bonds is 8. The van der Waals surface area contributed by atoms with Crippen molar-refractivity contribution in [2.24, 2.45) is 4.99 Å². The van der Waals surface area contributed by atoms with Crippen molar-refractivity contribution < 1.29 is 0 Å². The lowest BCUT2D eigenvalue weighted by molar-refractivity contribution is 0.148. The largest absolute Gasteiger partial charge is 0.357 e. The molecule has 2 rings (SSSR count). The van der Waals surface area contributed by atoms with Gasteiger partial charge in [-0.2, -0.15) is 11.8 Å². The van der Waals surface area contributed by atoms with E-state index in [1.165, 1.54) is 24.2 Å². The molecule has 1 aromatic carbocycles. The Hall–Kier alpha value is -1.24. The third kappa shape index (κ3) is 7.67. The average molecular weight is 364 g/mol. The molecule has 5 nitrogen and oxygen atoms in total. The van der Waals surface area contributed by atoms with Gasteiger partial charge in [0.05, 0.1) is 6.54 Å². The zero-order valence-corrected chi connectivity index (χ0v) is 16.7. The smallest absolute Gasteiger partial charge is 0.191 e. The van der Waals surface area contributed by atoms with Crippen LogP contribution in [0.5, 0.6) is 0 Å². The Kier molecular flexibility index (Phi) is 9.15. The molecule has 0 unspecified atom stereocenters. The predicted molar refractivity (Wildman–Crippen MR) is 110 cm³/mol. The van der Waals surface area contributed by atoms with E-state index in [1.807, 2.05) is 11.8 Å². The van der Waals surface area contributed by atoms with Gasteiger partial charge in [0.2, 0.25) is 0 Å². The Balaban J connectivity index is 1.82. The molecule has 0 atom stereocenters. The van der Waals surface area contributed by atoms with Crippen LogP contribution >= 0.6 is 11.8 Å². The molecule has 1 aliphatic heterocycles. The van der Waals surface area contributed by atoms with Crippen LogP contribution in [0.25, 0.3) is 0 Å². The highest BCUT2D eigenvalue weighted by Crippen LogP contribution is 2.10. The van der Waals surface area contributed by atoms with E-state index in [4.69, 9.17) is 0 Å². The number of hydrogen-bond donors (Lipinski definition) is 2. The molecule has 0 bridgehead atoms. The summed E-state index contributed by atoms with van der Waals surface area (Å²) in [6, 6.07) is 8.91. The highest BCUT2D eigenvalue weighted by molar-refractivity contribution is 7.98. The van der Waals surface area contributed by atoms with Crippen LogP contribution in [0.1, 0.15) is 18.1 Å². The van der Waals surface area contributed by atoms with Crippen molar-refractivity contribution in [1.82, 2.24) is 20.4 Å². The van der Waals surface area contributed by atoms with Crippen LogP contribution in [0.15, 0.2) is 29.3 Å². The maximum atomic E-state index is 4.68. The van der Waals surface area contributed by atoms with Gasteiger partial charge >= 0.3 is 0 Å². The van der Waals surface area contributed by atoms with Gasteiger partial charge in [-0.05, 0) is 31.4 Å². The van der Waals surface area contributed by atoms with Crippen molar-refractivity contribution in [3.63, 3.8) is 0 Å². The Morgan fingerprint density at radius 1 is 1.08 bits per heavy atom. The standard InChI is InChI=1S/C19H33N5S/c1-4-20-19(21-9-14-25-3)22-15-17-5-7-18(8-6-17)16-24-12-10-23(2)11-13-24/h5-8H,4,9-16H2,1-3H3,(H2,20,21,22). The first-order valence-corrected chi connectivity index (χ1v) is 10.6. The molecule has 1 saturated heterocycles. The fourth-order valence-electron chi connectivity index (χ4n) is 2.80. The van der Waals surface area contributed by atoms with Crippen molar-refractivity contribution >= 4 is 17.7 Å². The molecular formula is C19H33N5S. The van der Waals surface area contributed by atoms with Gasteiger partial charge < -0.3 is 15.5 Å². The van der Waals surface area contributed by atoms with Gasteiger partial charge in [0.15, 0.2) is 5.96 Å². The van der Waals surface area contributed by atoms with E-state index in [0.29, 0.717) is 6.54 Å². The quantitative estimate of drug-likeness (QED) is 0.419. The zero-order chi connectivity index (χ0) is 17.9. The second-order valence-electron chi connectivity index (χ2n) is 6.51. The molecule has 1 aromatic rings. The van der Waals surface area contributed by atoms with Gasteiger partial charge in [-0.15, -0.1) is 0 Å². The number of nitrogens with one attached hydrogen (secondary N) is 2. The third-order valence-electron chi connectivity index (χ3n) is 4.39. The van der Waals surface area contributed by atoms with Gasteiger partial charge in [-0.25, -0.2) is 4.99 Å². The number of nitrogens with zero attached hydrogens (tertiary/aromatic N) is 3. The predicted octanol–water partition coefficient (Wildman–Crippen LogP) is 1.85. The zero-order valence-electron chi connectivity index (χ0n) is 15.9. The highest BCUT2D eigenvalue weighted by atomic mass is 32.2. The van der Waals surface area contributed by atoms with Crippen LogP contribution in [0.4, 0.5) is 0 Å². The Morgan fingerprint density at radius 3 is 2.40 bits per heavy atom.